The normalized spacial score (nSPS) is 14.2. The molecule has 0 unspecified atom stereocenters. The fraction of sp³-hybridized carbons (Fsp3) is 0.296. The van der Waals surface area contributed by atoms with Crippen LogP contribution in [0.15, 0.2) is 49.1 Å². The van der Waals surface area contributed by atoms with E-state index in [1.807, 2.05) is 35.9 Å². The van der Waals surface area contributed by atoms with Crippen molar-refractivity contribution < 1.29 is 18.3 Å². The van der Waals surface area contributed by atoms with E-state index in [0.29, 0.717) is 18.8 Å². The molecule has 0 atom stereocenters. The van der Waals surface area contributed by atoms with E-state index in [2.05, 4.69) is 15.4 Å². The maximum absolute atomic E-state index is 14.9. The molecule has 0 bridgehead atoms. The van der Waals surface area contributed by atoms with E-state index in [0.717, 1.165) is 45.2 Å². The van der Waals surface area contributed by atoms with Gasteiger partial charge in [0.05, 0.1) is 30.6 Å². The third-order valence-corrected chi connectivity index (χ3v) is 6.26. The second kappa shape index (κ2) is 8.98. The standard InChI is InChI=1S/C27H27F2N5O2/c1-16-11-22(28)23(32-26(35)21-14-31-34(24(21)29)27(2,3)4)13-19(16)18-12-20(17-5-9-36-10-6-17)25-30-7-8-33(25)15-18/h5,7-8,11-15H,6,9-10H2,1-4H3,(H,32,35). The van der Waals surface area contributed by atoms with Gasteiger partial charge in [-0.1, -0.05) is 6.08 Å². The Labute approximate surface area is 207 Å². The molecule has 0 fully saturated rings. The highest BCUT2D eigenvalue weighted by Crippen LogP contribution is 2.34. The summed E-state index contributed by atoms with van der Waals surface area (Å²) in [6.45, 7) is 8.31. The number of nitrogens with one attached hydrogen (secondary N) is 1. The molecule has 0 radical (unpaired) electrons. The molecule has 0 aliphatic carbocycles. The van der Waals surface area contributed by atoms with Gasteiger partial charge in [-0.3, -0.25) is 4.79 Å². The highest BCUT2D eigenvalue weighted by atomic mass is 19.1. The van der Waals surface area contributed by atoms with Crippen molar-refractivity contribution in [2.75, 3.05) is 18.5 Å². The van der Waals surface area contributed by atoms with Crippen molar-refractivity contribution in [1.82, 2.24) is 19.2 Å². The number of amides is 1. The highest BCUT2D eigenvalue weighted by Gasteiger charge is 2.25. The van der Waals surface area contributed by atoms with Gasteiger partial charge in [0.15, 0.2) is 0 Å². The van der Waals surface area contributed by atoms with E-state index in [1.54, 1.807) is 33.0 Å². The van der Waals surface area contributed by atoms with Gasteiger partial charge >= 0.3 is 0 Å². The van der Waals surface area contributed by atoms with Crippen molar-refractivity contribution >= 4 is 22.8 Å². The predicted molar refractivity (Wildman–Crippen MR) is 134 cm³/mol. The molecule has 0 saturated heterocycles. The van der Waals surface area contributed by atoms with Crippen molar-refractivity contribution in [3.63, 3.8) is 0 Å². The van der Waals surface area contributed by atoms with Crippen LogP contribution in [0.2, 0.25) is 0 Å². The summed E-state index contributed by atoms with van der Waals surface area (Å²) in [7, 11) is 0. The van der Waals surface area contributed by atoms with E-state index in [9.17, 15) is 13.6 Å². The fourth-order valence-corrected chi connectivity index (χ4v) is 4.41. The van der Waals surface area contributed by atoms with E-state index < -0.39 is 23.2 Å². The van der Waals surface area contributed by atoms with E-state index >= 15 is 0 Å². The lowest BCUT2D eigenvalue weighted by Gasteiger charge is -2.19. The lowest BCUT2D eigenvalue weighted by atomic mass is 9.96. The Hall–Kier alpha value is -3.85. The molecule has 7 nitrogen and oxygen atoms in total. The highest BCUT2D eigenvalue weighted by molar-refractivity contribution is 6.04. The number of carbonyl (C=O) groups excluding carboxylic acids is 1. The summed E-state index contributed by atoms with van der Waals surface area (Å²) in [5.41, 5.74) is 4.28. The molecule has 1 N–H and O–H groups in total. The van der Waals surface area contributed by atoms with Crippen molar-refractivity contribution in [2.24, 2.45) is 0 Å². The Morgan fingerprint density at radius 2 is 1.97 bits per heavy atom. The van der Waals surface area contributed by atoms with Crippen LogP contribution >= 0.6 is 0 Å². The van der Waals surface area contributed by atoms with Crippen LogP contribution in [0.3, 0.4) is 0 Å². The average molecular weight is 492 g/mol. The van der Waals surface area contributed by atoms with Gasteiger partial charge in [-0.2, -0.15) is 9.49 Å². The van der Waals surface area contributed by atoms with Crippen LogP contribution in [0, 0.1) is 18.7 Å². The lowest BCUT2D eigenvalue weighted by Crippen LogP contribution is -2.25. The second-order valence-corrected chi connectivity index (χ2v) is 9.89. The molecule has 9 heteroatoms. The van der Waals surface area contributed by atoms with Crippen molar-refractivity contribution in [2.45, 2.75) is 39.7 Å². The number of rotatable bonds is 4. The van der Waals surface area contributed by atoms with Gasteiger partial charge in [0.2, 0.25) is 5.95 Å². The van der Waals surface area contributed by atoms with E-state index in [1.165, 1.54) is 6.07 Å². The Morgan fingerprint density at radius 3 is 2.67 bits per heavy atom. The van der Waals surface area contributed by atoms with E-state index in [-0.39, 0.29) is 11.3 Å². The zero-order valence-electron chi connectivity index (χ0n) is 20.6. The minimum absolute atomic E-state index is 0.0407. The zero-order chi connectivity index (χ0) is 25.6. The molecule has 1 aliphatic rings. The summed E-state index contributed by atoms with van der Waals surface area (Å²) >= 11 is 0. The van der Waals surface area contributed by atoms with Crippen LogP contribution in [0.1, 0.15) is 48.7 Å². The number of carbonyl (C=O) groups is 1. The van der Waals surface area contributed by atoms with Crippen molar-refractivity contribution in [1.29, 1.82) is 0 Å². The number of benzene rings is 1. The number of pyridine rings is 1. The molecular formula is C27H27F2N5O2. The lowest BCUT2D eigenvalue weighted by molar-refractivity contribution is 0.102. The Bertz CT molecular complexity index is 1510. The molecule has 36 heavy (non-hydrogen) atoms. The fourth-order valence-electron chi connectivity index (χ4n) is 4.41. The van der Waals surface area contributed by atoms with Gasteiger partial charge in [-0.25, -0.2) is 14.1 Å². The minimum atomic E-state index is -0.771. The molecule has 4 aromatic rings. The number of ether oxygens (including phenoxy) is 1. The second-order valence-electron chi connectivity index (χ2n) is 9.89. The molecule has 1 amide bonds. The first-order valence-electron chi connectivity index (χ1n) is 11.7. The maximum atomic E-state index is 14.9. The van der Waals surface area contributed by atoms with Crippen LogP contribution in [0.4, 0.5) is 14.5 Å². The number of anilines is 1. The average Bonchev–Trinajstić information content (AvgIpc) is 3.47. The monoisotopic (exact) mass is 491 g/mol. The molecule has 5 rings (SSSR count). The van der Waals surface area contributed by atoms with Gasteiger partial charge in [0.25, 0.3) is 5.91 Å². The third kappa shape index (κ3) is 4.30. The number of imidazole rings is 1. The Balaban J connectivity index is 1.54. The first-order chi connectivity index (χ1) is 17.1. The summed E-state index contributed by atoms with van der Waals surface area (Å²) in [4.78, 5) is 17.4. The first-order valence-corrected chi connectivity index (χ1v) is 11.7. The summed E-state index contributed by atoms with van der Waals surface area (Å²) in [6, 6.07) is 4.97. The summed E-state index contributed by atoms with van der Waals surface area (Å²) < 4.78 is 38.3. The largest absolute Gasteiger partial charge is 0.377 e. The number of fused-ring (bicyclic) bond motifs is 1. The number of nitrogens with zero attached hydrogens (tertiary/aromatic N) is 4. The number of aromatic nitrogens is 4. The molecule has 3 aromatic heterocycles. The predicted octanol–water partition coefficient (Wildman–Crippen LogP) is 5.60. The SMILES string of the molecule is Cc1cc(F)c(NC(=O)c2cnn(C(C)(C)C)c2F)cc1-c1cc(C2=CCOCC2)c2nccn2c1. The molecule has 186 valence electrons. The van der Waals surface area contributed by atoms with Crippen molar-refractivity contribution in [3.8, 4) is 11.1 Å². The van der Waals surface area contributed by atoms with Crippen LogP contribution in [0.25, 0.3) is 22.3 Å². The first kappa shape index (κ1) is 23.9. The van der Waals surface area contributed by atoms with Crippen LogP contribution in [-0.4, -0.2) is 38.3 Å². The van der Waals surface area contributed by atoms with Gasteiger partial charge in [0, 0.05) is 24.2 Å². The van der Waals surface area contributed by atoms with Crippen LogP contribution in [-0.2, 0) is 10.3 Å². The number of hydrogen-bond donors (Lipinski definition) is 1. The summed E-state index contributed by atoms with van der Waals surface area (Å²) in [5, 5.41) is 6.52. The smallest absolute Gasteiger partial charge is 0.262 e. The molecule has 1 aliphatic heterocycles. The van der Waals surface area contributed by atoms with Gasteiger partial charge in [-0.05, 0) is 74.6 Å². The Kier molecular flexibility index (Phi) is 5.96. The van der Waals surface area contributed by atoms with Crippen LogP contribution in [0.5, 0.6) is 0 Å². The molecule has 1 aromatic carbocycles. The van der Waals surface area contributed by atoms with Gasteiger partial charge in [-0.15, -0.1) is 0 Å². The van der Waals surface area contributed by atoms with Crippen molar-refractivity contribution in [3.05, 3.63) is 77.5 Å². The quantitative estimate of drug-likeness (QED) is 0.404. The van der Waals surface area contributed by atoms with E-state index in [4.69, 9.17) is 4.74 Å². The third-order valence-electron chi connectivity index (χ3n) is 6.26. The Morgan fingerprint density at radius 1 is 1.17 bits per heavy atom. The van der Waals surface area contributed by atoms with Crippen LogP contribution < -0.4 is 5.32 Å². The number of halogens is 2. The topological polar surface area (TPSA) is 73.5 Å². The maximum Gasteiger partial charge on any atom is 0.262 e. The number of aryl methyl sites for hydroxylation is 1. The molecule has 4 heterocycles. The molecular weight excluding hydrogens is 464 g/mol. The zero-order valence-corrected chi connectivity index (χ0v) is 20.6. The molecule has 0 saturated carbocycles. The molecule has 0 spiro atoms. The minimum Gasteiger partial charge on any atom is -0.377 e. The summed E-state index contributed by atoms with van der Waals surface area (Å²) in [5.74, 6) is -2.15. The number of hydrogen-bond acceptors (Lipinski definition) is 4. The summed E-state index contributed by atoms with van der Waals surface area (Å²) in [6.07, 6.45) is 9.49. The van der Waals surface area contributed by atoms with Gasteiger partial charge < -0.3 is 14.5 Å². The van der Waals surface area contributed by atoms with Gasteiger partial charge in [0.1, 0.15) is 17.0 Å².